The van der Waals surface area contributed by atoms with Crippen LogP contribution in [0.5, 0.6) is 0 Å². The first-order chi connectivity index (χ1) is 13.5. The maximum Gasteiger partial charge on any atom is 0.413 e. The van der Waals surface area contributed by atoms with Crippen LogP contribution in [-0.4, -0.2) is 41.1 Å². The minimum Gasteiger partial charge on any atom is -0.453 e. The van der Waals surface area contributed by atoms with E-state index < -0.39 is 12.1 Å². The lowest BCUT2D eigenvalue weighted by Gasteiger charge is -2.10. The summed E-state index contributed by atoms with van der Waals surface area (Å²) in [4.78, 5) is 40.0. The molecule has 1 amide bonds. The molecule has 144 valence electrons. The summed E-state index contributed by atoms with van der Waals surface area (Å²) in [7, 11) is 1.22. The Kier molecular flexibility index (Phi) is 5.66. The quantitative estimate of drug-likeness (QED) is 0.493. The zero-order valence-corrected chi connectivity index (χ0v) is 15.0. The van der Waals surface area contributed by atoms with E-state index >= 15 is 0 Å². The zero-order chi connectivity index (χ0) is 20.1. The molecule has 0 radical (unpaired) electrons. The van der Waals surface area contributed by atoms with Crippen LogP contribution in [-0.2, 0) is 21.0 Å². The van der Waals surface area contributed by atoms with Crippen molar-refractivity contribution in [3.8, 4) is 0 Å². The first-order valence-corrected chi connectivity index (χ1v) is 8.34. The average molecular weight is 382 g/mol. The van der Waals surface area contributed by atoms with Gasteiger partial charge in [0.1, 0.15) is 0 Å². The van der Waals surface area contributed by atoms with Crippen LogP contribution in [0.3, 0.4) is 0 Å². The molecule has 1 aromatic heterocycles. The lowest BCUT2D eigenvalue weighted by Crippen LogP contribution is -2.20. The summed E-state index contributed by atoms with van der Waals surface area (Å²) in [6.07, 6.45) is -0.734. The number of amides is 1. The second-order valence-electron chi connectivity index (χ2n) is 5.73. The Bertz CT molecular complexity index is 1030. The van der Waals surface area contributed by atoms with Crippen molar-refractivity contribution in [3.05, 3.63) is 59.7 Å². The molecule has 2 aromatic carbocycles. The number of rotatable bonds is 6. The molecule has 0 aliphatic rings. The highest BCUT2D eigenvalue weighted by molar-refractivity contribution is 6.10. The molecule has 0 saturated heterocycles. The van der Waals surface area contributed by atoms with Crippen molar-refractivity contribution < 1.29 is 23.9 Å². The Morgan fingerprint density at radius 2 is 1.86 bits per heavy atom. The molecule has 3 N–H and O–H groups in total. The van der Waals surface area contributed by atoms with Gasteiger partial charge < -0.3 is 15.2 Å². The van der Waals surface area contributed by atoms with Gasteiger partial charge in [0.25, 0.3) is 0 Å². The molecule has 1 heterocycles. The van der Waals surface area contributed by atoms with E-state index in [1.54, 1.807) is 42.5 Å². The number of nitrogens with two attached hydrogens (primary N) is 1. The molecule has 9 nitrogen and oxygen atoms in total. The zero-order valence-electron chi connectivity index (χ0n) is 15.0. The van der Waals surface area contributed by atoms with Gasteiger partial charge in [0.05, 0.1) is 24.7 Å². The lowest BCUT2D eigenvalue weighted by atomic mass is 10.0. The Labute approximate surface area is 160 Å². The number of anilines is 1. The fourth-order valence-corrected chi connectivity index (χ4v) is 2.59. The molecule has 0 unspecified atom stereocenters. The third kappa shape index (κ3) is 3.99. The number of carbonyl (C=O) groups excluding carboxylic acids is 3. The molecule has 3 aromatic rings. The van der Waals surface area contributed by atoms with E-state index in [2.05, 4.69) is 15.0 Å². The van der Waals surface area contributed by atoms with Gasteiger partial charge in [-0.2, -0.15) is 0 Å². The van der Waals surface area contributed by atoms with E-state index in [1.807, 2.05) is 6.07 Å². The summed E-state index contributed by atoms with van der Waals surface area (Å²) in [5.74, 6) is -0.660. The normalized spacial score (nSPS) is 10.5. The second kappa shape index (κ2) is 8.31. The number of methoxy groups -OCH3 is 1. The summed E-state index contributed by atoms with van der Waals surface area (Å²) in [6, 6.07) is 13.8. The number of hydrogen-bond donors (Lipinski definition) is 2. The Hall–Kier alpha value is -3.72. The first-order valence-electron chi connectivity index (χ1n) is 8.34. The number of esters is 1. The third-order valence-electron chi connectivity index (χ3n) is 3.97. The fraction of sp³-hybridized carbons (Fsp3) is 0.158. The highest BCUT2D eigenvalue weighted by atomic mass is 16.5. The molecular formula is C19H18N4O5. The largest absolute Gasteiger partial charge is 0.453 e. The van der Waals surface area contributed by atoms with E-state index in [0.717, 1.165) is 0 Å². The molecule has 28 heavy (non-hydrogen) atoms. The summed E-state index contributed by atoms with van der Waals surface area (Å²) < 4.78 is 11.1. The summed E-state index contributed by atoms with van der Waals surface area (Å²) in [5.41, 5.74) is 7.23. The van der Waals surface area contributed by atoms with Gasteiger partial charge in [-0.05, 0) is 18.2 Å². The number of nitrogens with zero attached hydrogens (tertiary/aromatic N) is 2. The smallest absolute Gasteiger partial charge is 0.413 e. The van der Waals surface area contributed by atoms with Gasteiger partial charge in [-0.3, -0.25) is 19.5 Å². The van der Waals surface area contributed by atoms with Gasteiger partial charge in [-0.25, -0.2) is 9.78 Å². The van der Waals surface area contributed by atoms with Crippen molar-refractivity contribution in [1.82, 2.24) is 9.55 Å². The molecule has 3 rings (SSSR count). The van der Waals surface area contributed by atoms with Crippen LogP contribution in [0.2, 0.25) is 0 Å². The topological polar surface area (TPSA) is 126 Å². The number of hydrogen-bond acceptors (Lipinski definition) is 7. The predicted molar refractivity (Wildman–Crippen MR) is 101 cm³/mol. The van der Waals surface area contributed by atoms with Gasteiger partial charge in [0.15, 0.2) is 12.5 Å². The lowest BCUT2D eigenvalue weighted by molar-refractivity contribution is -0.145. The van der Waals surface area contributed by atoms with E-state index in [1.165, 1.54) is 11.7 Å². The van der Waals surface area contributed by atoms with Crippen LogP contribution >= 0.6 is 0 Å². The number of ketones is 1. The van der Waals surface area contributed by atoms with Crippen LogP contribution < -0.4 is 11.1 Å². The molecule has 9 heteroatoms. The Morgan fingerprint density at radius 1 is 1.11 bits per heavy atom. The minimum absolute atomic E-state index is 0.107. The number of nitrogens with one attached hydrogen (secondary N) is 1. The number of fused-ring (bicyclic) bond motifs is 1. The standard InChI is InChI=1S/C19H18N4O5/c1-27-19(26)22-18-21-14-9-13(17(25)12-5-3-2-4-6-12)7-8-15(14)23(18)11-28-16(24)10-20/h2-9H,10-11,20H2,1H3,(H,21,22,26). The highest BCUT2D eigenvalue weighted by Crippen LogP contribution is 2.23. The van der Waals surface area contributed by atoms with E-state index in [0.29, 0.717) is 22.2 Å². The van der Waals surface area contributed by atoms with E-state index in [9.17, 15) is 14.4 Å². The summed E-state index contributed by atoms with van der Waals surface area (Å²) >= 11 is 0. The van der Waals surface area contributed by atoms with Gasteiger partial charge in [-0.1, -0.05) is 30.3 Å². The van der Waals surface area contributed by atoms with Gasteiger partial charge >= 0.3 is 12.1 Å². The molecule has 0 atom stereocenters. The van der Waals surface area contributed by atoms with Gasteiger partial charge in [0.2, 0.25) is 5.95 Å². The van der Waals surface area contributed by atoms with Crippen molar-refractivity contribution in [2.75, 3.05) is 19.0 Å². The van der Waals surface area contributed by atoms with Crippen molar-refractivity contribution in [2.24, 2.45) is 5.73 Å². The van der Waals surface area contributed by atoms with Crippen LogP contribution in [0.1, 0.15) is 15.9 Å². The number of carbonyl (C=O) groups is 3. The second-order valence-corrected chi connectivity index (χ2v) is 5.73. The fourth-order valence-electron chi connectivity index (χ4n) is 2.59. The van der Waals surface area contributed by atoms with Crippen LogP contribution in [0.15, 0.2) is 48.5 Å². The molecule has 0 bridgehead atoms. The monoisotopic (exact) mass is 382 g/mol. The van der Waals surface area contributed by atoms with Crippen LogP contribution in [0.25, 0.3) is 11.0 Å². The Morgan fingerprint density at radius 3 is 2.54 bits per heavy atom. The Balaban J connectivity index is 1.99. The molecule has 0 aliphatic heterocycles. The van der Waals surface area contributed by atoms with Crippen molar-refractivity contribution in [2.45, 2.75) is 6.73 Å². The number of aromatic nitrogens is 2. The third-order valence-corrected chi connectivity index (χ3v) is 3.97. The molecule has 0 fully saturated rings. The molecular weight excluding hydrogens is 364 g/mol. The maximum absolute atomic E-state index is 12.7. The van der Waals surface area contributed by atoms with E-state index in [-0.39, 0.29) is 25.0 Å². The number of imidazole rings is 1. The molecule has 0 saturated carbocycles. The molecule has 0 spiro atoms. The maximum atomic E-state index is 12.7. The van der Waals surface area contributed by atoms with Crippen molar-refractivity contribution >= 4 is 34.8 Å². The van der Waals surface area contributed by atoms with E-state index in [4.69, 9.17) is 10.5 Å². The first kappa shape index (κ1) is 19.1. The molecule has 0 aliphatic carbocycles. The summed E-state index contributed by atoms with van der Waals surface area (Å²) in [6.45, 7) is -0.486. The van der Waals surface area contributed by atoms with Crippen molar-refractivity contribution in [1.29, 1.82) is 0 Å². The highest BCUT2D eigenvalue weighted by Gasteiger charge is 2.17. The average Bonchev–Trinajstić information content (AvgIpc) is 3.07. The van der Waals surface area contributed by atoms with Gasteiger partial charge in [0, 0.05) is 11.1 Å². The van der Waals surface area contributed by atoms with Crippen LogP contribution in [0.4, 0.5) is 10.7 Å². The van der Waals surface area contributed by atoms with Crippen molar-refractivity contribution in [3.63, 3.8) is 0 Å². The van der Waals surface area contributed by atoms with Gasteiger partial charge in [-0.15, -0.1) is 0 Å². The predicted octanol–water partition coefficient (Wildman–Crippen LogP) is 1.90. The summed E-state index contributed by atoms with van der Waals surface area (Å²) in [5, 5.41) is 2.45. The number of ether oxygens (including phenoxy) is 2. The number of benzene rings is 2. The SMILES string of the molecule is COC(=O)Nc1nc2cc(C(=O)c3ccccc3)ccc2n1COC(=O)CN. The minimum atomic E-state index is -0.734. The van der Waals surface area contributed by atoms with Crippen LogP contribution in [0, 0.1) is 0 Å².